The van der Waals surface area contributed by atoms with Gasteiger partial charge in [0.05, 0.1) is 32.6 Å². The molecule has 142 valence electrons. The Morgan fingerprint density at radius 2 is 1.79 bits per heavy atom. The molecule has 0 spiro atoms. The molecule has 0 unspecified atom stereocenters. The summed E-state index contributed by atoms with van der Waals surface area (Å²) in [6.45, 7) is 0. The molecule has 2 aromatic carbocycles. The number of Topliss-reactive ketones (excluding diaryl/α,β-unsaturated/α-hetero) is 1. The van der Waals surface area contributed by atoms with Crippen molar-refractivity contribution in [2.24, 2.45) is 0 Å². The number of fused-ring (bicyclic) bond motifs is 1. The van der Waals surface area contributed by atoms with Crippen LogP contribution in [0.3, 0.4) is 0 Å². The lowest BCUT2D eigenvalue weighted by molar-refractivity contribution is -0.117. The van der Waals surface area contributed by atoms with Crippen LogP contribution in [0.15, 0.2) is 58.5 Å². The SMILES string of the molecule is COc1ccc(-c2csc(CC(=O)Cc3coc4cc(OC)ccc34)n2)cc1. The van der Waals surface area contributed by atoms with Gasteiger partial charge >= 0.3 is 0 Å². The highest BCUT2D eigenvalue weighted by atomic mass is 32.1. The Balaban J connectivity index is 1.45. The molecule has 5 nitrogen and oxygen atoms in total. The molecule has 4 aromatic rings. The number of ether oxygens (including phenoxy) is 2. The van der Waals surface area contributed by atoms with Gasteiger partial charge in [0, 0.05) is 34.4 Å². The molecule has 28 heavy (non-hydrogen) atoms. The third-order valence-corrected chi connectivity index (χ3v) is 5.39. The molecule has 0 fully saturated rings. The second-order valence-electron chi connectivity index (χ2n) is 6.37. The Bertz CT molecular complexity index is 1110. The Labute approximate surface area is 166 Å². The standard InChI is InChI=1S/C22H19NO4S/c1-25-17-5-3-14(4-6-17)20-13-28-22(23-20)10-16(24)9-15-12-27-21-11-18(26-2)7-8-19(15)21/h3-8,11-13H,9-10H2,1-2H3. The quantitative estimate of drug-likeness (QED) is 0.446. The maximum atomic E-state index is 12.6. The van der Waals surface area contributed by atoms with Gasteiger partial charge in [0.2, 0.25) is 0 Å². The van der Waals surface area contributed by atoms with Crippen molar-refractivity contribution < 1.29 is 18.7 Å². The summed E-state index contributed by atoms with van der Waals surface area (Å²) in [5.74, 6) is 1.64. The monoisotopic (exact) mass is 393 g/mol. The van der Waals surface area contributed by atoms with Gasteiger partial charge in [-0.15, -0.1) is 11.3 Å². The number of furan rings is 1. The summed E-state index contributed by atoms with van der Waals surface area (Å²) < 4.78 is 15.9. The average Bonchev–Trinajstić information content (AvgIpc) is 3.35. The summed E-state index contributed by atoms with van der Waals surface area (Å²) in [6.07, 6.45) is 2.27. The molecule has 2 aromatic heterocycles. The summed E-state index contributed by atoms with van der Waals surface area (Å²) in [5.41, 5.74) is 3.48. The van der Waals surface area contributed by atoms with Gasteiger partial charge < -0.3 is 13.9 Å². The number of rotatable bonds is 7. The number of carbonyl (C=O) groups is 1. The molecule has 0 saturated carbocycles. The van der Waals surface area contributed by atoms with Crippen molar-refractivity contribution in [1.29, 1.82) is 0 Å². The van der Waals surface area contributed by atoms with E-state index in [4.69, 9.17) is 13.9 Å². The fourth-order valence-electron chi connectivity index (χ4n) is 3.06. The van der Waals surface area contributed by atoms with E-state index in [0.29, 0.717) is 12.8 Å². The number of thiazole rings is 1. The fraction of sp³-hybridized carbons (Fsp3) is 0.182. The minimum absolute atomic E-state index is 0.106. The number of benzene rings is 2. The van der Waals surface area contributed by atoms with E-state index in [9.17, 15) is 4.79 Å². The summed E-state index contributed by atoms with van der Waals surface area (Å²) in [5, 5.41) is 3.72. The van der Waals surface area contributed by atoms with Gasteiger partial charge in [-0.25, -0.2) is 4.98 Å². The zero-order valence-electron chi connectivity index (χ0n) is 15.6. The number of aromatic nitrogens is 1. The van der Waals surface area contributed by atoms with E-state index in [-0.39, 0.29) is 5.78 Å². The number of hydrogen-bond acceptors (Lipinski definition) is 6. The minimum atomic E-state index is 0.106. The third-order valence-electron chi connectivity index (χ3n) is 4.54. The van der Waals surface area contributed by atoms with E-state index in [1.807, 2.05) is 47.8 Å². The van der Waals surface area contributed by atoms with Gasteiger partial charge in [-0.3, -0.25) is 4.79 Å². The van der Waals surface area contributed by atoms with Crippen LogP contribution in [0.25, 0.3) is 22.2 Å². The van der Waals surface area contributed by atoms with E-state index in [0.717, 1.165) is 44.3 Å². The molecular weight excluding hydrogens is 374 g/mol. The second-order valence-corrected chi connectivity index (χ2v) is 7.31. The van der Waals surface area contributed by atoms with Crippen LogP contribution in [0.1, 0.15) is 10.6 Å². The van der Waals surface area contributed by atoms with Crippen LogP contribution in [-0.2, 0) is 17.6 Å². The maximum absolute atomic E-state index is 12.6. The van der Waals surface area contributed by atoms with E-state index in [2.05, 4.69) is 4.98 Å². The van der Waals surface area contributed by atoms with Crippen molar-refractivity contribution in [3.8, 4) is 22.8 Å². The molecular formula is C22H19NO4S. The van der Waals surface area contributed by atoms with Gasteiger partial charge in [0.15, 0.2) is 0 Å². The summed E-state index contributed by atoms with van der Waals surface area (Å²) in [7, 11) is 3.25. The molecule has 2 heterocycles. The van der Waals surface area contributed by atoms with Crippen molar-refractivity contribution >= 4 is 28.1 Å². The second kappa shape index (κ2) is 7.86. The summed E-state index contributed by atoms with van der Waals surface area (Å²) in [6, 6.07) is 13.3. The van der Waals surface area contributed by atoms with Crippen molar-refractivity contribution in [1.82, 2.24) is 4.98 Å². The van der Waals surface area contributed by atoms with E-state index in [1.165, 1.54) is 11.3 Å². The molecule has 0 aliphatic heterocycles. The fourth-order valence-corrected chi connectivity index (χ4v) is 3.89. The van der Waals surface area contributed by atoms with Gasteiger partial charge in [-0.2, -0.15) is 0 Å². The number of hydrogen-bond donors (Lipinski definition) is 0. The van der Waals surface area contributed by atoms with Gasteiger partial charge in [-0.05, 0) is 36.4 Å². The van der Waals surface area contributed by atoms with Crippen molar-refractivity contribution in [3.63, 3.8) is 0 Å². The molecule has 0 bridgehead atoms. The lowest BCUT2D eigenvalue weighted by atomic mass is 10.1. The first-order valence-electron chi connectivity index (χ1n) is 8.81. The smallest absolute Gasteiger partial charge is 0.144 e. The number of methoxy groups -OCH3 is 2. The first-order chi connectivity index (χ1) is 13.7. The number of nitrogens with zero attached hydrogens (tertiary/aromatic N) is 1. The predicted molar refractivity (Wildman–Crippen MR) is 109 cm³/mol. The van der Waals surface area contributed by atoms with Crippen LogP contribution in [-0.4, -0.2) is 25.0 Å². The topological polar surface area (TPSA) is 61.6 Å². The normalized spacial score (nSPS) is 10.9. The Morgan fingerprint density at radius 1 is 1.04 bits per heavy atom. The predicted octanol–water partition coefficient (Wildman–Crippen LogP) is 4.93. The molecule has 0 aliphatic rings. The number of carbonyl (C=O) groups excluding carboxylic acids is 1. The Hall–Kier alpha value is -3.12. The molecule has 6 heteroatoms. The summed E-state index contributed by atoms with van der Waals surface area (Å²) >= 11 is 1.50. The molecule has 0 aliphatic carbocycles. The van der Waals surface area contributed by atoms with E-state index >= 15 is 0 Å². The zero-order valence-corrected chi connectivity index (χ0v) is 16.4. The van der Waals surface area contributed by atoms with Gasteiger partial charge in [0.25, 0.3) is 0 Å². The third kappa shape index (κ3) is 3.77. The highest BCUT2D eigenvalue weighted by Gasteiger charge is 2.14. The Kier molecular flexibility index (Phi) is 5.12. The molecule has 0 saturated heterocycles. The molecule has 4 rings (SSSR count). The average molecular weight is 393 g/mol. The first kappa shape index (κ1) is 18.3. The van der Waals surface area contributed by atoms with E-state index in [1.54, 1.807) is 20.5 Å². The van der Waals surface area contributed by atoms with E-state index < -0.39 is 0 Å². The highest BCUT2D eigenvalue weighted by molar-refractivity contribution is 7.10. The van der Waals surface area contributed by atoms with Crippen LogP contribution >= 0.6 is 11.3 Å². The van der Waals surface area contributed by atoms with Crippen molar-refractivity contribution in [3.05, 3.63) is 64.7 Å². The lowest BCUT2D eigenvalue weighted by Crippen LogP contribution is -2.06. The maximum Gasteiger partial charge on any atom is 0.144 e. The van der Waals surface area contributed by atoms with Crippen molar-refractivity contribution in [2.45, 2.75) is 12.8 Å². The Morgan fingerprint density at radius 3 is 2.54 bits per heavy atom. The van der Waals surface area contributed by atoms with Crippen LogP contribution in [0.4, 0.5) is 0 Å². The highest BCUT2D eigenvalue weighted by Crippen LogP contribution is 2.27. The van der Waals surface area contributed by atoms with Gasteiger partial charge in [0.1, 0.15) is 27.9 Å². The first-order valence-corrected chi connectivity index (χ1v) is 9.69. The van der Waals surface area contributed by atoms with Crippen molar-refractivity contribution in [2.75, 3.05) is 14.2 Å². The van der Waals surface area contributed by atoms with Crippen LogP contribution in [0.5, 0.6) is 11.5 Å². The number of ketones is 1. The van der Waals surface area contributed by atoms with Crippen LogP contribution in [0, 0.1) is 0 Å². The lowest BCUT2D eigenvalue weighted by Gasteiger charge is -2.01. The zero-order chi connectivity index (χ0) is 19.5. The van der Waals surface area contributed by atoms with Gasteiger partial charge in [-0.1, -0.05) is 0 Å². The minimum Gasteiger partial charge on any atom is -0.497 e. The molecule has 0 radical (unpaired) electrons. The van der Waals surface area contributed by atoms with Crippen LogP contribution in [0.2, 0.25) is 0 Å². The molecule has 0 atom stereocenters. The summed E-state index contributed by atoms with van der Waals surface area (Å²) in [4.78, 5) is 17.2. The largest absolute Gasteiger partial charge is 0.497 e. The van der Waals surface area contributed by atoms with Crippen LogP contribution < -0.4 is 9.47 Å². The molecule has 0 N–H and O–H groups in total. The molecule has 0 amide bonds.